The Kier molecular flexibility index (Phi) is 9.54. The van der Waals surface area contributed by atoms with Crippen molar-refractivity contribution in [3.63, 3.8) is 0 Å². The van der Waals surface area contributed by atoms with E-state index >= 15 is 0 Å². The van der Waals surface area contributed by atoms with E-state index in [2.05, 4.69) is 51.5 Å². The standard InChI is InChI=1S/C41H72N2O6/c1-11-47-35(37(5,6)45)29(46-10)20-26(2)28-21-32(44)39(8)31-13-12-30-36(3,4)33(14-15-40(30)25-41(31,40)17-16-38(28,39)7)49-34-24-43(18-19-48-34)27-22-42(9)23-27/h26-35,44-45H,11-25H2,1-10H3/t26-,28-,29?,30+,31?,32+,33+,34+,35+,38-,39-,40-,41+/m1/s1. The van der Waals surface area contributed by atoms with Gasteiger partial charge in [0.05, 0.1) is 30.5 Å². The Morgan fingerprint density at radius 3 is 2.33 bits per heavy atom. The molecule has 7 rings (SSSR count). The lowest BCUT2D eigenvalue weighted by Crippen LogP contribution is -2.62. The summed E-state index contributed by atoms with van der Waals surface area (Å²) in [5, 5.41) is 23.2. The minimum atomic E-state index is -0.991. The van der Waals surface area contributed by atoms with Crippen LogP contribution in [0, 0.1) is 50.7 Å². The molecule has 5 saturated carbocycles. The SMILES string of the molecule is CCO[C@@H](C(C[C@@H](C)[C@H]1C[C@H](O)[C@@]2(C)C3CC[C@H]4C(C)(C)[C@@H](O[C@H]5CN(C6CN(C)C6)CCO5)CC[C@@]45C[C@@]35CC[C@]12C)OC)C(C)(C)O. The first kappa shape index (κ1) is 37.0. The number of methoxy groups -OCH3 is 1. The summed E-state index contributed by atoms with van der Waals surface area (Å²) in [6.07, 6.45) is 9.65. The zero-order valence-corrected chi connectivity index (χ0v) is 32.8. The molecular weight excluding hydrogens is 616 g/mol. The number of likely N-dealkylation sites (tertiary alicyclic amines) is 1. The van der Waals surface area contributed by atoms with Gasteiger partial charge in [-0.15, -0.1) is 0 Å². The number of nitrogens with zero attached hydrogens (tertiary/aromatic N) is 2. The van der Waals surface area contributed by atoms with Gasteiger partial charge in [0.1, 0.15) is 6.10 Å². The fourth-order valence-electron chi connectivity index (χ4n) is 14.5. The minimum Gasteiger partial charge on any atom is -0.393 e. The lowest BCUT2D eigenvalue weighted by atomic mass is 9.41. The Balaban J connectivity index is 1.06. The number of hydrogen-bond donors (Lipinski definition) is 2. The third-order valence-electron chi connectivity index (χ3n) is 17.1. The van der Waals surface area contributed by atoms with Crippen LogP contribution in [0.2, 0.25) is 0 Å². The van der Waals surface area contributed by atoms with Crippen molar-refractivity contribution in [3.05, 3.63) is 0 Å². The summed E-state index contributed by atoms with van der Waals surface area (Å²) in [5.74, 6) is 1.99. The van der Waals surface area contributed by atoms with Gasteiger partial charge in [0, 0.05) is 51.4 Å². The topological polar surface area (TPSA) is 83.9 Å². The average Bonchev–Trinajstić information content (AvgIpc) is 3.65. The average molecular weight is 689 g/mol. The molecule has 8 nitrogen and oxygen atoms in total. The summed E-state index contributed by atoms with van der Waals surface area (Å²) in [4.78, 5) is 5.00. The van der Waals surface area contributed by atoms with Gasteiger partial charge >= 0.3 is 0 Å². The molecule has 0 aromatic carbocycles. The second kappa shape index (κ2) is 12.6. The second-order valence-corrected chi connectivity index (χ2v) is 19.9. The molecule has 5 aliphatic carbocycles. The molecule has 7 fully saturated rings. The molecule has 2 aliphatic heterocycles. The highest BCUT2D eigenvalue weighted by Gasteiger charge is 2.83. The maximum absolute atomic E-state index is 12.2. The number of rotatable bonds is 11. The van der Waals surface area contributed by atoms with Gasteiger partial charge in [0.2, 0.25) is 0 Å². The fourth-order valence-corrected chi connectivity index (χ4v) is 14.5. The molecule has 2 heterocycles. The van der Waals surface area contributed by atoms with Crippen LogP contribution in [0.1, 0.15) is 113 Å². The van der Waals surface area contributed by atoms with Crippen molar-refractivity contribution in [2.45, 2.75) is 156 Å². The van der Waals surface area contributed by atoms with Gasteiger partial charge in [-0.2, -0.15) is 0 Å². The van der Waals surface area contributed by atoms with E-state index in [1.54, 1.807) is 7.11 Å². The zero-order valence-electron chi connectivity index (χ0n) is 32.8. The molecular formula is C41H72N2O6. The predicted molar refractivity (Wildman–Crippen MR) is 192 cm³/mol. The van der Waals surface area contributed by atoms with Gasteiger partial charge in [-0.3, -0.25) is 4.90 Å². The number of hydrogen-bond acceptors (Lipinski definition) is 8. The molecule has 0 aromatic rings. The van der Waals surface area contributed by atoms with Gasteiger partial charge in [-0.1, -0.05) is 34.6 Å². The van der Waals surface area contributed by atoms with Crippen LogP contribution in [0.3, 0.4) is 0 Å². The van der Waals surface area contributed by atoms with E-state index in [4.69, 9.17) is 18.9 Å². The molecule has 13 atom stereocenters. The maximum atomic E-state index is 12.2. The minimum absolute atomic E-state index is 0.0712. The third kappa shape index (κ3) is 5.49. The van der Waals surface area contributed by atoms with Crippen LogP contribution in [0.5, 0.6) is 0 Å². The van der Waals surface area contributed by atoms with E-state index in [0.717, 1.165) is 52.0 Å². The van der Waals surface area contributed by atoms with Crippen molar-refractivity contribution in [3.8, 4) is 0 Å². The highest BCUT2D eigenvalue weighted by atomic mass is 16.7. The molecule has 49 heavy (non-hydrogen) atoms. The van der Waals surface area contributed by atoms with Crippen molar-refractivity contribution >= 4 is 0 Å². The molecule has 0 amide bonds. The van der Waals surface area contributed by atoms with Crippen LogP contribution in [0.25, 0.3) is 0 Å². The second-order valence-electron chi connectivity index (χ2n) is 19.9. The normalized spacial score (nSPS) is 47.3. The molecule has 0 bridgehead atoms. The number of morpholine rings is 1. The van der Waals surface area contributed by atoms with E-state index in [0.29, 0.717) is 47.2 Å². The lowest BCUT2D eigenvalue weighted by Gasteiger charge is -2.64. The van der Waals surface area contributed by atoms with E-state index in [1.807, 2.05) is 20.8 Å². The predicted octanol–water partition coefficient (Wildman–Crippen LogP) is 5.97. The highest BCUT2D eigenvalue weighted by Crippen LogP contribution is 2.89. The van der Waals surface area contributed by atoms with Crippen molar-refractivity contribution in [1.29, 1.82) is 0 Å². The molecule has 2 spiro atoms. The largest absolute Gasteiger partial charge is 0.393 e. The van der Waals surface area contributed by atoms with Crippen LogP contribution in [0.4, 0.5) is 0 Å². The lowest BCUT2D eigenvalue weighted by molar-refractivity contribution is -0.253. The summed E-state index contributed by atoms with van der Waals surface area (Å²) in [5.41, 5.74) is -0.160. The van der Waals surface area contributed by atoms with Gasteiger partial charge in [0.25, 0.3) is 0 Å². The number of likely N-dealkylation sites (N-methyl/N-ethyl adjacent to an activating group) is 1. The number of fused-ring (bicyclic) bond motifs is 2. The smallest absolute Gasteiger partial charge is 0.170 e. The number of aliphatic hydroxyl groups is 2. The van der Waals surface area contributed by atoms with Crippen LogP contribution in [-0.2, 0) is 18.9 Å². The first-order valence-corrected chi connectivity index (χ1v) is 20.2. The van der Waals surface area contributed by atoms with E-state index < -0.39 is 5.60 Å². The molecule has 2 unspecified atom stereocenters. The first-order chi connectivity index (χ1) is 23.0. The summed E-state index contributed by atoms with van der Waals surface area (Å²) in [6, 6.07) is 0.650. The van der Waals surface area contributed by atoms with Crippen molar-refractivity contribution < 1.29 is 29.2 Å². The van der Waals surface area contributed by atoms with E-state index in [-0.39, 0.29) is 47.0 Å². The summed E-state index contributed by atoms with van der Waals surface area (Å²) >= 11 is 0. The van der Waals surface area contributed by atoms with Crippen LogP contribution in [-0.4, -0.2) is 116 Å². The monoisotopic (exact) mass is 689 g/mol. The van der Waals surface area contributed by atoms with Crippen molar-refractivity contribution in [2.24, 2.45) is 50.7 Å². The van der Waals surface area contributed by atoms with Crippen LogP contribution >= 0.6 is 0 Å². The molecule has 0 aromatic heterocycles. The Morgan fingerprint density at radius 2 is 1.67 bits per heavy atom. The summed E-state index contributed by atoms with van der Waals surface area (Å²) < 4.78 is 25.4. The van der Waals surface area contributed by atoms with Crippen molar-refractivity contribution in [2.75, 3.05) is 53.6 Å². The van der Waals surface area contributed by atoms with Gasteiger partial charge in [-0.05, 0) is 131 Å². The fraction of sp³-hybridized carbons (Fsp3) is 1.00. The molecule has 7 aliphatic rings. The Labute approximate surface area is 298 Å². The van der Waals surface area contributed by atoms with E-state index in [9.17, 15) is 10.2 Å². The van der Waals surface area contributed by atoms with E-state index in [1.165, 1.54) is 38.5 Å². The quantitative estimate of drug-likeness (QED) is 0.275. The van der Waals surface area contributed by atoms with Crippen molar-refractivity contribution in [1.82, 2.24) is 9.80 Å². The van der Waals surface area contributed by atoms with Crippen LogP contribution in [0.15, 0.2) is 0 Å². The van der Waals surface area contributed by atoms with Crippen LogP contribution < -0.4 is 0 Å². The zero-order chi connectivity index (χ0) is 35.4. The molecule has 8 heteroatoms. The number of ether oxygens (including phenoxy) is 4. The summed E-state index contributed by atoms with van der Waals surface area (Å²) in [7, 11) is 3.97. The Morgan fingerprint density at radius 1 is 0.980 bits per heavy atom. The summed E-state index contributed by atoms with van der Waals surface area (Å²) in [6.45, 7) is 23.7. The number of aliphatic hydroxyl groups excluding tert-OH is 1. The van der Waals surface area contributed by atoms with Gasteiger partial charge < -0.3 is 34.1 Å². The molecule has 0 radical (unpaired) electrons. The highest BCUT2D eigenvalue weighted by molar-refractivity contribution is 5.31. The Bertz CT molecular complexity index is 1200. The third-order valence-corrected chi connectivity index (χ3v) is 17.1. The molecule has 2 saturated heterocycles. The maximum Gasteiger partial charge on any atom is 0.170 e. The molecule has 282 valence electrons. The molecule has 2 N–H and O–H groups in total. The Hall–Kier alpha value is -0.320. The first-order valence-electron chi connectivity index (χ1n) is 20.2. The van der Waals surface area contributed by atoms with Gasteiger partial charge in [-0.25, -0.2) is 0 Å². The van der Waals surface area contributed by atoms with Gasteiger partial charge in [0.15, 0.2) is 6.29 Å².